The van der Waals surface area contributed by atoms with Crippen molar-refractivity contribution in [2.24, 2.45) is 0 Å². The second kappa shape index (κ2) is 6.42. The highest BCUT2D eigenvalue weighted by Gasteiger charge is 2.09. The molecule has 0 aliphatic rings. The molecule has 8 heteroatoms. The minimum Gasteiger partial charge on any atom is -0.478 e. The van der Waals surface area contributed by atoms with Gasteiger partial charge >= 0.3 is 5.97 Å². The summed E-state index contributed by atoms with van der Waals surface area (Å²) in [4.78, 5) is 30.1. The largest absolute Gasteiger partial charge is 0.478 e. The summed E-state index contributed by atoms with van der Waals surface area (Å²) in [6, 6.07) is 3.09. The lowest BCUT2D eigenvalue weighted by Crippen LogP contribution is -2.23. The van der Waals surface area contributed by atoms with Crippen LogP contribution in [0.15, 0.2) is 28.9 Å². The number of aliphatic carboxylic acids is 1. The van der Waals surface area contributed by atoms with Crippen molar-refractivity contribution < 1.29 is 19.2 Å². The third-order valence-corrected chi connectivity index (χ3v) is 2.41. The molecule has 0 spiro atoms. The van der Waals surface area contributed by atoms with Gasteiger partial charge in [0.25, 0.3) is 5.91 Å². The predicted octanol–water partition coefficient (Wildman–Crippen LogP) is 0.801. The molecule has 0 atom stereocenters. The van der Waals surface area contributed by atoms with Gasteiger partial charge in [-0.3, -0.25) is 9.78 Å². The van der Waals surface area contributed by atoms with Crippen LogP contribution in [0.2, 0.25) is 0 Å². The van der Waals surface area contributed by atoms with Crippen LogP contribution in [0.1, 0.15) is 27.8 Å². The van der Waals surface area contributed by atoms with Crippen molar-refractivity contribution >= 4 is 18.0 Å². The number of amides is 1. The molecule has 0 bridgehead atoms. The number of hydrogen-bond donors (Lipinski definition) is 2. The minimum atomic E-state index is -1.05. The quantitative estimate of drug-likeness (QED) is 0.781. The first-order valence-corrected chi connectivity index (χ1v) is 5.99. The van der Waals surface area contributed by atoms with Gasteiger partial charge in [0.05, 0.1) is 6.54 Å². The Morgan fingerprint density at radius 2 is 2.24 bits per heavy atom. The summed E-state index contributed by atoms with van der Waals surface area (Å²) in [7, 11) is 0. The maximum atomic E-state index is 11.8. The standard InChI is InChI=1S/C13H12N4O4/c1-8-16-11(21-17-8)7-15-13(20)10-4-2-9(6-14-10)3-5-12(18)19/h2-6H,7H2,1H3,(H,15,20)(H,18,19). The van der Waals surface area contributed by atoms with Crippen molar-refractivity contribution in [1.29, 1.82) is 0 Å². The van der Waals surface area contributed by atoms with Gasteiger partial charge in [-0.1, -0.05) is 11.2 Å². The van der Waals surface area contributed by atoms with Crippen LogP contribution in [0, 0.1) is 6.92 Å². The van der Waals surface area contributed by atoms with Crippen LogP contribution in [0.5, 0.6) is 0 Å². The third-order valence-electron chi connectivity index (χ3n) is 2.41. The van der Waals surface area contributed by atoms with E-state index in [-0.39, 0.29) is 18.1 Å². The number of rotatable bonds is 5. The highest BCUT2D eigenvalue weighted by atomic mass is 16.5. The van der Waals surface area contributed by atoms with Gasteiger partial charge in [0.1, 0.15) is 5.69 Å². The molecule has 0 fully saturated rings. The molecule has 0 aromatic carbocycles. The smallest absolute Gasteiger partial charge is 0.328 e. The first kappa shape index (κ1) is 14.4. The fraction of sp³-hybridized carbons (Fsp3) is 0.154. The van der Waals surface area contributed by atoms with Gasteiger partial charge in [-0.15, -0.1) is 0 Å². The Bertz CT molecular complexity index is 676. The number of nitrogens with one attached hydrogen (secondary N) is 1. The van der Waals surface area contributed by atoms with Gasteiger partial charge in [0.15, 0.2) is 5.82 Å². The fourth-order valence-electron chi connectivity index (χ4n) is 1.46. The summed E-state index contributed by atoms with van der Waals surface area (Å²) in [6.45, 7) is 1.79. The molecular formula is C13H12N4O4. The van der Waals surface area contributed by atoms with E-state index in [9.17, 15) is 9.59 Å². The number of aryl methyl sites for hydroxylation is 1. The van der Waals surface area contributed by atoms with Gasteiger partial charge in [0, 0.05) is 12.3 Å². The van der Waals surface area contributed by atoms with Crippen LogP contribution in [0.3, 0.4) is 0 Å². The number of nitrogens with zero attached hydrogens (tertiary/aromatic N) is 3. The van der Waals surface area contributed by atoms with E-state index in [4.69, 9.17) is 9.63 Å². The second-order valence-electron chi connectivity index (χ2n) is 4.07. The van der Waals surface area contributed by atoms with E-state index < -0.39 is 5.97 Å². The predicted molar refractivity (Wildman–Crippen MR) is 71.1 cm³/mol. The Morgan fingerprint density at radius 1 is 1.43 bits per heavy atom. The van der Waals surface area contributed by atoms with Gasteiger partial charge in [-0.25, -0.2) is 4.79 Å². The Kier molecular flexibility index (Phi) is 4.39. The lowest BCUT2D eigenvalue weighted by molar-refractivity contribution is -0.131. The normalized spacial score (nSPS) is 10.7. The van der Waals surface area contributed by atoms with E-state index >= 15 is 0 Å². The number of carboxylic acid groups (broad SMARTS) is 1. The first-order valence-electron chi connectivity index (χ1n) is 5.99. The fourth-order valence-corrected chi connectivity index (χ4v) is 1.46. The number of carbonyl (C=O) groups is 2. The Labute approximate surface area is 119 Å². The van der Waals surface area contributed by atoms with Crippen molar-refractivity contribution in [3.05, 3.63) is 47.4 Å². The van der Waals surface area contributed by atoms with E-state index in [0.717, 1.165) is 6.08 Å². The molecule has 2 aromatic heterocycles. The summed E-state index contributed by atoms with van der Waals surface area (Å²) in [6.07, 6.45) is 3.79. The van der Waals surface area contributed by atoms with Crippen LogP contribution < -0.4 is 5.32 Å². The van der Waals surface area contributed by atoms with Gasteiger partial charge in [-0.2, -0.15) is 4.98 Å². The number of pyridine rings is 1. The van der Waals surface area contributed by atoms with Crippen molar-refractivity contribution in [1.82, 2.24) is 20.4 Å². The molecule has 0 radical (unpaired) electrons. The number of aromatic nitrogens is 3. The molecular weight excluding hydrogens is 276 g/mol. The van der Waals surface area contributed by atoms with E-state index in [0.29, 0.717) is 17.3 Å². The average molecular weight is 288 g/mol. The van der Waals surface area contributed by atoms with E-state index in [1.165, 1.54) is 18.3 Å². The highest BCUT2D eigenvalue weighted by molar-refractivity contribution is 5.92. The lowest BCUT2D eigenvalue weighted by Gasteiger charge is -2.01. The van der Waals surface area contributed by atoms with Gasteiger partial charge < -0.3 is 14.9 Å². The molecule has 0 aliphatic heterocycles. The van der Waals surface area contributed by atoms with Crippen LogP contribution in [-0.2, 0) is 11.3 Å². The molecule has 21 heavy (non-hydrogen) atoms. The molecule has 0 saturated heterocycles. The van der Waals surface area contributed by atoms with E-state index in [1.807, 2.05) is 0 Å². The number of hydrogen-bond acceptors (Lipinski definition) is 6. The van der Waals surface area contributed by atoms with Crippen molar-refractivity contribution in [2.75, 3.05) is 0 Å². The van der Waals surface area contributed by atoms with Crippen LogP contribution in [0.25, 0.3) is 6.08 Å². The second-order valence-corrected chi connectivity index (χ2v) is 4.07. The summed E-state index contributed by atoms with van der Waals surface area (Å²) in [5.74, 6) is -0.639. The zero-order chi connectivity index (χ0) is 15.2. The van der Waals surface area contributed by atoms with E-state index in [1.54, 1.807) is 13.0 Å². The summed E-state index contributed by atoms with van der Waals surface area (Å²) in [5, 5.41) is 14.7. The van der Waals surface area contributed by atoms with Crippen molar-refractivity contribution in [2.45, 2.75) is 13.5 Å². The molecule has 0 saturated carbocycles. The maximum absolute atomic E-state index is 11.8. The first-order chi connectivity index (χ1) is 10.0. The molecule has 0 unspecified atom stereocenters. The van der Waals surface area contributed by atoms with Crippen LogP contribution in [-0.4, -0.2) is 32.1 Å². The van der Waals surface area contributed by atoms with Gasteiger partial charge in [0.2, 0.25) is 5.89 Å². The zero-order valence-corrected chi connectivity index (χ0v) is 11.1. The Balaban J connectivity index is 1.95. The third kappa shape index (κ3) is 4.23. The molecule has 2 N–H and O–H groups in total. The Morgan fingerprint density at radius 3 is 2.81 bits per heavy atom. The minimum absolute atomic E-state index is 0.113. The SMILES string of the molecule is Cc1noc(CNC(=O)c2ccc(C=CC(=O)O)cn2)n1. The van der Waals surface area contributed by atoms with E-state index in [2.05, 4.69) is 20.4 Å². The molecule has 8 nitrogen and oxygen atoms in total. The molecule has 2 aromatic rings. The maximum Gasteiger partial charge on any atom is 0.328 e. The Hall–Kier alpha value is -3.03. The number of carboxylic acids is 1. The molecule has 108 valence electrons. The molecule has 2 heterocycles. The zero-order valence-electron chi connectivity index (χ0n) is 11.1. The monoisotopic (exact) mass is 288 g/mol. The topological polar surface area (TPSA) is 118 Å². The summed E-state index contributed by atoms with van der Waals surface area (Å²) >= 11 is 0. The summed E-state index contributed by atoms with van der Waals surface area (Å²) < 4.78 is 4.86. The van der Waals surface area contributed by atoms with Gasteiger partial charge in [-0.05, 0) is 24.6 Å². The molecule has 0 aliphatic carbocycles. The molecule has 1 amide bonds. The highest BCUT2D eigenvalue weighted by Crippen LogP contribution is 2.03. The van der Waals surface area contributed by atoms with Crippen LogP contribution in [0.4, 0.5) is 0 Å². The lowest BCUT2D eigenvalue weighted by atomic mass is 10.2. The number of carbonyl (C=O) groups excluding carboxylic acids is 1. The van der Waals surface area contributed by atoms with Crippen molar-refractivity contribution in [3.63, 3.8) is 0 Å². The van der Waals surface area contributed by atoms with Crippen molar-refractivity contribution in [3.8, 4) is 0 Å². The van der Waals surface area contributed by atoms with Crippen LogP contribution >= 0.6 is 0 Å². The summed E-state index contributed by atoms with van der Waals surface area (Å²) in [5.41, 5.74) is 0.792. The average Bonchev–Trinajstić information content (AvgIpc) is 2.89. The molecule has 2 rings (SSSR count).